The molecule has 4 nitrogen and oxygen atoms in total. The van der Waals surface area contributed by atoms with Gasteiger partial charge in [0.15, 0.2) is 5.96 Å². The van der Waals surface area contributed by atoms with Crippen LogP contribution in [-0.2, 0) is 6.54 Å². The second kappa shape index (κ2) is 10.1. The third kappa shape index (κ3) is 7.29. The quantitative estimate of drug-likeness (QED) is 0.351. The van der Waals surface area contributed by atoms with E-state index in [9.17, 15) is 18.3 Å². The van der Waals surface area contributed by atoms with Crippen LogP contribution < -0.4 is 10.6 Å². The topological polar surface area (TPSA) is 56.7 Å². The number of hydrogen-bond donors (Lipinski definition) is 3. The second-order valence-corrected chi connectivity index (χ2v) is 6.11. The highest BCUT2D eigenvalue weighted by atomic mass is 127. The first-order chi connectivity index (χ1) is 11.4. The van der Waals surface area contributed by atoms with Gasteiger partial charge in [0.05, 0.1) is 12.5 Å². The zero-order valence-electron chi connectivity index (χ0n) is 14.1. The van der Waals surface area contributed by atoms with Crippen molar-refractivity contribution in [3.63, 3.8) is 0 Å². The summed E-state index contributed by atoms with van der Waals surface area (Å²) < 4.78 is 38.7. The smallest absolute Gasteiger partial charge is 0.391 e. The molecule has 1 aliphatic carbocycles. The van der Waals surface area contributed by atoms with E-state index in [0.29, 0.717) is 25.5 Å². The zero-order chi connectivity index (χ0) is 17.6. The van der Waals surface area contributed by atoms with E-state index in [1.807, 2.05) is 6.92 Å². The van der Waals surface area contributed by atoms with E-state index in [0.717, 1.165) is 12.0 Å². The van der Waals surface area contributed by atoms with Crippen LogP contribution in [0.25, 0.3) is 0 Å². The number of aliphatic imine (C=N–C) groups is 1. The number of guanidine groups is 1. The fraction of sp³-hybridized carbons (Fsp3) is 0.588. The van der Waals surface area contributed by atoms with Gasteiger partial charge in [-0.2, -0.15) is 13.2 Å². The van der Waals surface area contributed by atoms with Gasteiger partial charge in [-0.3, -0.25) is 0 Å². The van der Waals surface area contributed by atoms with Crippen LogP contribution >= 0.6 is 24.0 Å². The molecule has 0 radical (unpaired) electrons. The fourth-order valence-electron chi connectivity index (χ4n) is 2.90. The largest absolute Gasteiger partial charge is 0.508 e. The van der Waals surface area contributed by atoms with Crippen LogP contribution in [0.2, 0.25) is 0 Å². The van der Waals surface area contributed by atoms with E-state index in [4.69, 9.17) is 0 Å². The van der Waals surface area contributed by atoms with E-state index >= 15 is 0 Å². The number of nitrogens with one attached hydrogen (secondary N) is 2. The molecule has 1 aromatic carbocycles. The normalized spacial score (nSPS) is 21.4. The Labute approximate surface area is 163 Å². The van der Waals surface area contributed by atoms with Gasteiger partial charge in [0, 0.05) is 12.6 Å². The molecule has 0 aliphatic heterocycles. The third-order valence-corrected chi connectivity index (χ3v) is 4.18. The Morgan fingerprint density at radius 2 is 1.92 bits per heavy atom. The number of aromatic hydroxyl groups is 1. The van der Waals surface area contributed by atoms with Gasteiger partial charge in [-0.25, -0.2) is 4.99 Å². The number of rotatable bonds is 4. The molecule has 0 amide bonds. The lowest BCUT2D eigenvalue weighted by Gasteiger charge is -2.31. The van der Waals surface area contributed by atoms with Crippen molar-refractivity contribution in [3.8, 4) is 5.75 Å². The van der Waals surface area contributed by atoms with Crippen molar-refractivity contribution in [3.05, 3.63) is 29.8 Å². The molecule has 0 aromatic heterocycles. The maximum atomic E-state index is 12.9. The van der Waals surface area contributed by atoms with Crippen LogP contribution in [-0.4, -0.2) is 29.8 Å². The number of phenolic OH excluding ortho intramolecular Hbond substituents is 1. The molecule has 1 aliphatic rings. The van der Waals surface area contributed by atoms with E-state index in [1.165, 1.54) is 0 Å². The third-order valence-electron chi connectivity index (χ3n) is 4.18. The average molecular weight is 471 g/mol. The number of benzene rings is 1. The van der Waals surface area contributed by atoms with E-state index in [-0.39, 0.29) is 48.6 Å². The highest BCUT2D eigenvalue weighted by Gasteiger charge is 2.42. The van der Waals surface area contributed by atoms with Gasteiger partial charge in [0.25, 0.3) is 0 Å². The molecule has 142 valence electrons. The number of nitrogens with zero attached hydrogens (tertiary/aromatic N) is 1. The molecule has 2 unspecified atom stereocenters. The standard InChI is InChI=1S/C17H24F3N3O.HI/c1-2-21-16(22-11-12-6-8-15(24)9-7-12)23-14-5-3-4-13(10-14)17(18,19)20;/h6-9,13-14,24H,2-5,10-11H2,1H3,(H2,21,22,23);1H. The van der Waals surface area contributed by atoms with Crippen molar-refractivity contribution in [2.24, 2.45) is 10.9 Å². The van der Waals surface area contributed by atoms with Gasteiger partial charge in [-0.1, -0.05) is 18.6 Å². The van der Waals surface area contributed by atoms with Crippen molar-refractivity contribution in [1.29, 1.82) is 0 Å². The number of phenols is 1. The first-order valence-corrected chi connectivity index (χ1v) is 8.28. The van der Waals surface area contributed by atoms with Crippen molar-refractivity contribution in [1.82, 2.24) is 10.6 Å². The zero-order valence-corrected chi connectivity index (χ0v) is 16.5. The predicted molar refractivity (Wildman–Crippen MR) is 103 cm³/mol. The molecule has 3 N–H and O–H groups in total. The summed E-state index contributed by atoms with van der Waals surface area (Å²) in [4.78, 5) is 4.43. The van der Waals surface area contributed by atoms with Gasteiger partial charge in [0.2, 0.25) is 0 Å². The van der Waals surface area contributed by atoms with Crippen LogP contribution in [0.1, 0.15) is 38.2 Å². The second-order valence-electron chi connectivity index (χ2n) is 6.11. The highest BCUT2D eigenvalue weighted by molar-refractivity contribution is 14.0. The Balaban J connectivity index is 0.00000312. The van der Waals surface area contributed by atoms with Crippen LogP contribution in [0, 0.1) is 5.92 Å². The molecule has 0 bridgehead atoms. The lowest BCUT2D eigenvalue weighted by Crippen LogP contribution is -2.46. The highest BCUT2D eigenvalue weighted by Crippen LogP contribution is 2.37. The molecular weight excluding hydrogens is 446 g/mol. The van der Waals surface area contributed by atoms with Crippen LogP contribution in [0.3, 0.4) is 0 Å². The molecule has 0 saturated heterocycles. The maximum absolute atomic E-state index is 12.9. The minimum Gasteiger partial charge on any atom is -0.508 e. The molecule has 25 heavy (non-hydrogen) atoms. The maximum Gasteiger partial charge on any atom is 0.391 e. The SMILES string of the molecule is CCNC(=NCc1ccc(O)cc1)NC1CCCC(C(F)(F)F)C1.I. The molecule has 1 saturated carbocycles. The summed E-state index contributed by atoms with van der Waals surface area (Å²) in [5.41, 5.74) is 0.918. The Bertz CT molecular complexity index is 549. The number of halogens is 4. The monoisotopic (exact) mass is 471 g/mol. The van der Waals surface area contributed by atoms with Crippen LogP contribution in [0.15, 0.2) is 29.3 Å². The first-order valence-electron chi connectivity index (χ1n) is 8.28. The van der Waals surface area contributed by atoms with E-state index in [2.05, 4.69) is 15.6 Å². The average Bonchev–Trinajstić information content (AvgIpc) is 2.54. The van der Waals surface area contributed by atoms with Crippen LogP contribution in [0.4, 0.5) is 13.2 Å². The summed E-state index contributed by atoms with van der Waals surface area (Å²) in [7, 11) is 0. The molecule has 2 rings (SSSR count). The van der Waals surface area contributed by atoms with Crippen molar-refractivity contribution in [2.45, 2.75) is 51.4 Å². The predicted octanol–water partition coefficient (Wildman–Crippen LogP) is 4.19. The molecule has 1 aromatic rings. The summed E-state index contributed by atoms with van der Waals surface area (Å²) in [6, 6.07) is 6.48. The molecule has 2 atom stereocenters. The fourth-order valence-corrected chi connectivity index (χ4v) is 2.90. The van der Waals surface area contributed by atoms with Gasteiger partial charge in [-0.15, -0.1) is 24.0 Å². The molecule has 8 heteroatoms. The Kier molecular flexibility index (Phi) is 8.81. The summed E-state index contributed by atoms with van der Waals surface area (Å²) in [5.74, 6) is -0.518. The van der Waals surface area contributed by atoms with Gasteiger partial charge in [-0.05, 0) is 43.9 Å². The van der Waals surface area contributed by atoms with E-state index in [1.54, 1.807) is 24.3 Å². The van der Waals surface area contributed by atoms with Crippen molar-refractivity contribution in [2.75, 3.05) is 6.54 Å². The first kappa shape index (κ1) is 21.9. The summed E-state index contributed by atoms with van der Waals surface area (Å²) in [5, 5.41) is 15.5. The molecule has 0 heterocycles. The van der Waals surface area contributed by atoms with E-state index < -0.39 is 12.1 Å². The number of alkyl halides is 3. The number of hydrogen-bond acceptors (Lipinski definition) is 2. The molecule has 0 spiro atoms. The molecule has 1 fully saturated rings. The molecular formula is C17H25F3IN3O. The minimum atomic E-state index is -4.12. The summed E-state index contributed by atoms with van der Waals surface area (Å²) in [6.45, 7) is 2.94. The Morgan fingerprint density at radius 3 is 2.52 bits per heavy atom. The van der Waals surface area contributed by atoms with Gasteiger partial charge >= 0.3 is 6.18 Å². The van der Waals surface area contributed by atoms with Crippen molar-refractivity contribution >= 4 is 29.9 Å². The Hall–Kier alpha value is -1.19. The lowest BCUT2D eigenvalue weighted by molar-refractivity contribution is -0.183. The van der Waals surface area contributed by atoms with Gasteiger partial charge < -0.3 is 15.7 Å². The van der Waals surface area contributed by atoms with Crippen molar-refractivity contribution < 1.29 is 18.3 Å². The summed E-state index contributed by atoms with van der Waals surface area (Å²) >= 11 is 0. The van der Waals surface area contributed by atoms with Crippen LogP contribution in [0.5, 0.6) is 5.75 Å². The minimum absolute atomic E-state index is 0. The summed E-state index contributed by atoms with van der Waals surface area (Å²) in [6.07, 6.45) is -2.53. The van der Waals surface area contributed by atoms with Gasteiger partial charge in [0.1, 0.15) is 5.75 Å². The Morgan fingerprint density at radius 1 is 1.24 bits per heavy atom. The lowest BCUT2D eigenvalue weighted by atomic mass is 9.85.